The Morgan fingerprint density at radius 2 is 1.73 bits per heavy atom. The maximum atomic E-state index is 13.7. The number of rotatable bonds is 9. The van der Waals surface area contributed by atoms with Crippen molar-refractivity contribution in [2.24, 2.45) is 0 Å². The minimum Gasteiger partial charge on any atom is -0.493 e. The number of methoxy groups -OCH3 is 2. The van der Waals surface area contributed by atoms with Crippen molar-refractivity contribution < 1.29 is 19.2 Å². The van der Waals surface area contributed by atoms with Gasteiger partial charge >= 0.3 is 0 Å². The van der Waals surface area contributed by atoms with Crippen molar-refractivity contribution in [3.8, 4) is 11.5 Å². The predicted octanol–water partition coefficient (Wildman–Crippen LogP) is 5.53. The molecule has 5 rings (SSSR count). The number of anilines is 1. The van der Waals surface area contributed by atoms with Gasteiger partial charge in [0.1, 0.15) is 0 Å². The first-order chi connectivity index (χ1) is 19.4. The Kier molecular flexibility index (Phi) is 7.91. The average molecular weight is 543 g/mol. The van der Waals surface area contributed by atoms with Crippen molar-refractivity contribution in [1.82, 2.24) is 9.88 Å². The summed E-state index contributed by atoms with van der Waals surface area (Å²) in [4.78, 5) is 31.9. The van der Waals surface area contributed by atoms with E-state index in [0.29, 0.717) is 44.1 Å². The number of non-ortho nitro benzene ring substituents is 1. The Bertz CT molecular complexity index is 1510. The van der Waals surface area contributed by atoms with Gasteiger partial charge in [0.15, 0.2) is 11.5 Å². The number of para-hydroxylation sites is 1. The van der Waals surface area contributed by atoms with E-state index in [0.717, 1.165) is 34.1 Å². The van der Waals surface area contributed by atoms with E-state index in [1.807, 2.05) is 29.3 Å². The number of carbonyl (C=O) groups is 1. The fourth-order valence-electron chi connectivity index (χ4n) is 5.60. The molecule has 2 heterocycles. The predicted molar refractivity (Wildman–Crippen MR) is 156 cm³/mol. The number of aromatic nitrogens is 1. The molecule has 1 aliphatic heterocycles. The third kappa shape index (κ3) is 5.32. The third-order valence-electron chi connectivity index (χ3n) is 7.84. The first-order valence-electron chi connectivity index (χ1n) is 13.5. The molecule has 9 nitrogen and oxygen atoms in total. The lowest BCUT2D eigenvalue weighted by atomic mass is 9.87. The van der Waals surface area contributed by atoms with Crippen LogP contribution in [0.4, 0.5) is 11.4 Å². The summed E-state index contributed by atoms with van der Waals surface area (Å²) in [6.45, 7) is 4.64. The number of nitro benzene ring substituents is 1. The van der Waals surface area contributed by atoms with Crippen LogP contribution < -0.4 is 14.4 Å². The molecule has 208 valence electrons. The molecule has 1 fully saturated rings. The first kappa shape index (κ1) is 27.1. The molecule has 4 aromatic rings. The molecule has 3 aromatic carbocycles. The second-order valence-corrected chi connectivity index (χ2v) is 9.95. The number of benzene rings is 3. The minimum atomic E-state index is -0.397. The molecule has 0 aliphatic carbocycles. The van der Waals surface area contributed by atoms with Gasteiger partial charge in [-0.25, -0.2) is 0 Å². The number of nitrogens with one attached hydrogen (secondary N) is 1. The molecule has 1 aliphatic rings. The maximum Gasteiger partial charge on any atom is 0.269 e. The van der Waals surface area contributed by atoms with Gasteiger partial charge in [0, 0.05) is 73.4 Å². The van der Waals surface area contributed by atoms with Gasteiger partial charge in [0.2, 0.25) is 5.91 Å². The third-order valence-corrected chi connectivity index (χ3v) is 7.84. The van der Waals surface area contributed by atoms with Gasteiger partial charge in [0.05, 0.1) is 19.1 Å². The van der Waals surface area contributed by atoms with E-state index in [1.165, 1.54) is 17.7 Å². The SMILES string of the molecule is CCc1cccc2c(C(CC(=O)N3CCN(c4ccc([N+](=O)[O-])cc4)CC3)c3ccc(OC)c(OC)c3)c[nH]c12. The minimum absolute atomic E-state index is 0.0714. The molecule has 0 saturated carbocycles. The number of fused-ring (bicyclic) bond motifs is 1. The number of piperazine rings is 1. The van der Waals surface area contributed by atoms with Crippen molar-refractivity contribution in [2.75, 3.05) is 45.3 Å². The monoisotopic (exact) mass is 542 g/mol. The van der Waals surface area contributed by atoms with Gasteiger partial charge in [0.25, 0.3) is 5.69 Å². The van der Waals surface area contributed by atoms with Crippen LogP contribution in [0.2, 0.25) is 0 Å². The van der Waals surface area contributed by atoms with Crippen LogP contribution >= 0.6 is 0 Å². The van der Waals surface area contributed by atoms with Gasteiger partial charge < -0.3 is 24.3 Å². The highest BCUT2D eigenvalue weighted by Crippen LogP contribution is 2.38. The Balaban J connectivity index is 1.39. The van der Waals surface area contributed by atoms with E-state index in [1.54, 1.807) is 26.4 Å². The van der Waals surface area contributed by atoms with Crippen molar-refractivity contribution in [2.45, 2.75) is 25.7 Å². The molecule has 1 amide bonds. The fourth-order valence-corrected chi connectivity index (χ4v) is 5.60. The van der Waals surface area contributed by atoms with Gasteiger partial charge in [-0.1, -0.05) is 31.2 Å². The number of carbonyl (C=O) groups excluding carboxylic acids is 1. The molecule has 1 aromatic heterocycles. The number of amides is 1. The molecule has 1 atom stereocenters. The number of nitro groups is 1. The zero-order chi connectivity index (χ0) is 28.2. The molecule has 9 heteroatoms. The first-order valence-corrected chi connectivity index (χ1v) is 13.5. The van der Waals surface area contributed by atoms with Crippen molar-refractivity contribution in [3.63, 3.8) is 0 Å². The Morgan fingerprint density at radius 1 is 1.00 bits per heavy atom. The number of nitrogens with zero attached hydrogens (tertiary/aromatic N) is 3. The quantitative estimate of drug-likeness (QED) is 0.221. The largest absolute Gasteiger partial charge is 0.493 e. The van der Waals surface area contributed by atoms with Crippen LogP contribution in [-0.4, -0.2) is 61.1 Å². The summed E-state index contributed by atoms with van der Waals surface area (Å²) in [6.07, 6.45) is 3.26. The number of hydrogen-bond donors (Lipinski definition) is 1. The fraction of sp³-hybridized carbons (Fsp3) is 0.323. The van der Waals surface area contributed by atoms with Gasteiger partial charge in [-0.2, -0.15) is 0 Å². The van der Waals surface area contributed by atoms with Gasteiger partial charge in [-0.15, -0.1) is 0 Å². The van der Waals surface area contributed by atoms with Crippen molar-refractivity contribution >= 4 is 28.2 Å². The zero-order valence-corrected chi connectivity index (χ0v) is 23.1. The lowest BCUT2D eigenvalue weighted by Gasteiger charge is -2.36. The lowest BCUT2D eigenvalue weighted by molar-refractivity contribution is -0.384. The molecule has 1 N–H and O–H groups in total. The van der Waals surface area contributed by atoms with Crippen LogP contribution in [0.1, 0.15) is 36.0 Å². The van der Waals surface area contributed by atoms with E-state index in [9.17, 15) is 14.9 Å². The molecule has 0 radical (unpaired) electrons. The van der Waals surface area contributed by atoms with E-state index < -0.39 is 4.92 Å². The topological polar surface area (TPSA) is 101 Å². The normalized spacial score (nSPS) is 14.3. The summed E-state index contributed by atoms with van der Waals surface area (Å²) >= 11 is 0. The second kappa shape index (κ2) is 11.7. The maximum absolute atomic E-state index is 13.7. The smallest absolute Gasteiger partial charge is 0.269 e. The summed E-state index contributed by atoms with van der Waals surface area (Å²) in [6, 6.07) is 18.8. The average Bonchev–Trinajstić information content (AvgIpc) is 3.43. The Labute approximate surface area is 233 Å². The van der Waals surface area contributed by atoms with Crippen LogP contribution in [0.3, 0.4) is 0 Å². The molecule has 0 spiro atoms. The Hall–Kier alpha value is -4.53. The number of aryl methyl sites for hydroxylation is 1. The summed E-state index contributed by atoms with van der Waals surface area (Å²) in [5, 5.41) is 12.1. The molecular weight excluding hydrogens is 508 g/mol. The molecular formula is C31H34N4O5. The summed E-state index contributed by atoms with van der Waals surface area (Å²) in [7, 11) is 3.23. The molecule has 1 unspecified atom stereocenters. The standard InChI is InChI=1S/C31H34N4O5/c1-4-21-6-5-7-25-27(20-32-31(21)25)26(22-8-13-28(39-2)29(18-22)40-3)19-30(36)34-16-14-33(15-17-34)23-9-11-24(12-10-23)35(37)38/h5-13,18,20,26,32H,4,14-17,19H2,1-3H3. The van der Waals surface area contributed by atoms with Gasteiger partial charge in [-0.05, 0) is 47.4 Å². The highest BCUT2D eigenvalue weighted by molar-refractivity contribution is 5.88. The van der Waals surface area contributed by atoms with E-state index in [2.05, 4.69) is 35.0 Å². The molecule has 40 heavy (non-hydrogen) atoms. The number of H-pyrrole nitrogens is 1. The van der Waals surface area contributed by atoms with E-state index in [-0.39, 0.29) is 17.5 Å². The van der Waals surface area contributed by atoms with Gasteiger partial charge in [-0.3, -0.25) is 14.9 Å². The lowest BCUT2D eigenvalue weighted by Crippen LogP contribution is -2.49. The highest BCUT2D eigenvalue weighted by atomic mass is 16.6. The molecule has 0 bridgehead atoms. The zero-order valence-electron chi connectivity index (χ0n) is 23.1. The number of ether oxygens (including phenoxy) is 2. The summed E-state index contributed by atoms with van der Waals surface area (Å²) in [5.41, 5.74) is 5.40. The van der Waals surface area contributed by atoms with Crippen LogP contribution in [0.15, 0.2) is 66.9 Å². The van der Waals surface area contributed by atoms with Crippen molar-refractivity contribution in [3.05, 3.63) is 93.7 Å². The summed E-state index contributed by atoms with van der Waals surface area (Å²) < 4.78 is 11.1. The highest BCUT2D eigenvalue weighted by Gasteiger charge is 2.28. The number of aromatic amines is 1. The second-order valence-electron chi connectivity index (χ2n) is 9.95. The van der Waals surface area contributed by atoms with Crippen molar-refractivity contribution in [1.29, 1.82) is 0 Å². The van der Waals surface area contributed by atoms with Crippen LogP contribution in [0.5, 0.6) is 11.5 Å². The van der Waals surface area contributed by atoms with E-state index >= 15 is 0 Å². The van der Waals surface area contributed by atoms with Crippen LogP contribution in [-0.2, 0) is 11.2 Å². The van der Waals surface area contributed by atoms with Crippen LogP contribution in [0, 0.1) is 10.1 Å². The van der Waals surface area contributed by atoms with Crippen LogP contribution in [0.25, 0.3) is 10.9 Å². The summed E-state index contributed by atoms with van der Waals surface area (Å²) in [5.74, 6) is 1.18. The number of hydrogen-bond acceptors (Lipinski definition) is 6. The Morgan fingerprint density at radius 3 is 2.38 bits per heavy atom. The molecule has 1 saturated heterocycles. The van der Waals surface area contributed by atoms with E-state index in [4.69, 9.17) is 9.47 Å².